The molecule has 1 heterocycles. The second kappa shape index (κ2) is 3.05. The maximum Gasteiger partial charge on any atom is 0.320 e. The van der Waals surface area contributed by atoms with Crippen molar-refractivity contribution in [2.75, 3.05) is 5.75 Å². The van der Waals surface area contributed by atoms with E-state index in [-0.39, 0.29) is 0 Å². The van der Waals surface area contributed by atoms with Gasteiger partial charge in [-0.05, 0) is 12.8 Å². The highest BCUT2D eigenvalue weighted by Gasteiger charge is 2.41. The Labute approximate surface area is 68.2 Å². The van der Waals surface area contributed by atoms with Gasteiger partial charge in [0.25, 0.3) is 0 Å². The van der Waals surface area contributed by atoms with E-state index in [1.54, 1.807) is 10.8 Å². The fourth-order valence-electron chi connectivity index (χ4n) is 0.932. The smallest absolute Gasteiger partial charge is 0.320 e. The van der Waals surface area contributed by atoms with Crippen LogP contribution in [0.1, 0.15) is 19.8 Å². The molecule has 0 saturated carbocycles. The standard InChI is InChI=1S/C6H10O2S2/c1-2-6(5(7)8)3-4-9-10-6/h2-4H2,1H3,(H,7,8). The van der Waals surface area contributed by atoms with Crippen LogP contribution in [0.2, 0.25) is 0 Å². The summed E-state index contributed by atoms with van der Waals surface area (Å²) < 4.78 is -0.468. The Morgan fingerprint density at radius 3 is 2.70 bits per heavy atom. The third kappa shape index (κ3) is 1.27. The number of hydrogen-bond acceptors (Lipinski definition) is 3. The van der Waals surface area contributed by atoms with E-state index in [0.29, 0.717) is 0 Å². The average Bonchev–Trinajstić information content (AvgIpc) is 2.35. The maximum atomic E-state index is 10.7. The molecule has 0 spiro atoms. The van der Waals surface area contributed by atoms with Crippen LogP contribution in [0.5, 0.6) is 0 Å². The van der Waals surface area contributed by atoms with E-state index in [0.717, 1.165) is 18.6 Å². The van der Waals surface area contributed by atoms with Gasteiger partial charge in [0.15, 0.2) is 0 Å². The zero-order valence-electron chi connectivity index (χ0n) is 5.79. The van der Waals surface area contributed by atoms with E-state index in [2.05, 4.69) is 0 Å². The number of carbonyl (C=O) groups is 1. The molecule has 10 heavy (non-hydrogen) atoms. The number of hydrogen-bond donors (Lipinski definition) is 1. The molecule has 1 saturated heterocycles. The summed E-state index contributed by atoms with van der Waals surface area (Å²) >= 11 is 0. The highest BCUT2D eigenvalue weighted by molar-refractivity contribution is 8.77. The second-order valence-corrected chi connectivity index (χ2v) is 5.11. The number of rotatable bonds is 2. The van der Waals surface area contributed by atoms with Crippen molar-refractivity contribution in [1.82, 2.24) is 0 Å². The van der Waals surface area contributed by atoms with Gasteiger partial charge < -0.3 is 5.11 Å². The van der Waals surface area contributed by atoms with E-state index in [9.17, 15) is 4.79 Å². The lowest BCUT2D eigenvalue weighted by Crippen LogP contribution is -2.31. The summed E-state index contributed by atoms with van der Waals surface area (Å²) in [5.74, 6) is 0.329. The van der Waals surface area contributed by atoms with Crippen molar-refractivity contribution in [2.24, 2.45) is 0 Å². The first-order valence-corrected chi connectivity index (χ1v) is 5.57. The molecule has 0 aromatic rings. The second-order valence-electron chi connectivity index (χ2n) is 2.31. The van der Waals surface area contributed by atoms with E-state index in [1.807, 2.05) is 6.92 Å². The van der Waals surface area contributed by atoms with E-state index < -0.39 is 10.7 Å². The van der Waals surface area contributed by atoms with Gasteiger partial charge >= 0.3 is 5.97 Å². The SMILES string of the molecule is CCC1(C(=O)O)CCSS1. The summed E-state index contributed by atoms with van der Waals surface area (Å²) in [6, 6.07) is 0. The van der Waals surface area contributed by atoms with E-state index in [4.69, 9.17) is 5.11 Å². The summed E-state index contributed by atoms with van der Waals surface area (Å²) in [5.41, 5.74) is 0. The average molecular weight is 178 g/mol. The molecule has 1 fully saturated rings. The molecule has 4 heteroatoms. The Kier molecular flexibility index (Phi) is 2.52. The van der Waals surface area contributed by atoms with Crippen LogP contribution in [0.15, 0.2) is 0 Å². The summed E-state index contributed by atoms with van der Waals surface area (Å²) in [7, 11) is 3.18. The largest absolute Gasteiger partial charge is 0.480 e. The fourth-order valence-corrected chi connectivity index (χ4v) is 4.17. The van der Waals surface area contributed by atoms with Gasteiger partial charge in [-0.25, -0.2) is 0 Å². The summed E-state index contributed by atoms with van der Waals surface area (Å²) in [6.45, 7) is 1.94. The highest BCUT2D eigenvalue weighted by Crippen LogP contribution is 2.48. The summed E-state index contributed by atoms with van der Waals surface area (Å²) in [5, 5.41) is 8.83. The van der Waals surface area contributed by atoms with Crippen molar-refractivity contribution >= 4 is 27.6 Å². The van der Waals surface area contributed by atoms with Gasteiger partial charge in [-0.1, -0.05) is 28.5 Å². The Hall–Kier alpha value is 0.170. The van der Waals surface area contributed by atoms with Gasteiger partial charge in [0.05, 0.1) is 0 Å². The van der Waals surface area contributed by atoms with Gasteiger partial charge in [0, 0.05) is 5.75 Å². The van der Waals surface area contributed by atoms with Crippen LogP contribution in [0.4, 0.5) is 0 Å². The van der Waals surface area contributed by atoms with E-state index in [1.165, 1.54) is 10.8 Å². The van der Waals surface area contributed by atoms with Crippen molar-refractivity contribution in [3.05, 3.63) is 0 Å². The number of carboxylic acid groups (broad SMARTS) is 1. The topological polar surface area (TPSA) is 37.3 Å². The molecule has 0 aromatic carbocycles. The minimum Gasteiger partial charge on any atom is -0.480 e. The van der Waals surface area contributed by atoms with E-state index >= 15 is 0 Å². The Balaban J connectivity index is 2.67. The third-order valence-electron chi connectivity index (χ3n) is 1.77. The van der Waals surface area contributed by atoms with Gasteiger partial charge in [-0.2, -0.15) is 0 Å². The molecule has 1 atom stereocenters. The molecular weight excluding hydrogens is 168 g/mol. The lowest BCUT2D eigenvalue weighted by Gasteiger charge is -2.18. The van der Waals surface area contributed by atoms with Gasteiger partial charge in [-0.3, -0.25) is 4.79 Å². The lowest BCUT2D eigenvalue weighted by molar-refractivity contribution is -0.139. The molecule has 0 aliphatic carbocycles. The molecule has 2 nitrogen and oxygen atoms in total. The molecule has 1 rings (SSSR count). The van der Waals surface area contributed by atoms with Crippen LogP contribution < -0.4 is 0 Å². The van der Waals surface area contributed by atoms with Gasteiger partial charge in [0.1, 0.15) is 4.75 Å². The highest BCUT2D eigenvalue weighted by atomic mass is 33.1. The molecule has 58 valence electrons. The third-order valence-corrected chi connectivity index (χ3v) is 5.05. The minimum atomic E-state index is -0.648. The summed E-state index contributed by atoms with van der Waals surface area (Å²) in [4.78, 5) is 10.7. The van der Waals surface area contributed by atoms with Crippen LogP contribution in [-0.4, -0.2) is 21.6 Å². The monoisotopic (exact) mass is 178 g/mol. The maximum absolute atomic E-state index is 10.7. The van der Waals surface area contributed by atoms with Crippen molar-refractivity contribution in [3.63, 3.8) is 0 Å². The fraction of sp³-hybridized carbons (Fsp3) is 0.833. The molecule has 0 radical (unpaired) electrons. The lowest BCUT2D eigenvalue weighted by atomic mass is 10.0. The van der Waals surface area contributed by atoms with Crippen molar-refractivity contribution in [3.8, 4) is 0 Å². The van der Waals surface area contributed by atoms with Crippen LogP contribution in [0.3, 0.4) is 0 Å². The number of aliphatic carboxylic acids is 1. The predicted octanol–water partition coefficient (Wildman–Crippen LogP) is 2.00. The molecule has 0 bridgehead atoms. The van der Waals surface area contributed by atoms with Crippen molar-refractivity contribution in [2.45, 2.75) is 24.5 Å². The first kappa shape index (κ1) is 8.27. The molecule has 0 aromatic heterocycles. The number of carboxylic acids is 1. The minimum absolute atomic E-state index is 0.468. The summed E-state index contributed by atoms with van der Waals surface area (Å²) in [6.07, 6.45) is 1.55. The Morgan fingerprint density at radius 2 is 2.50 bits per heavy atom. The molecule has 1 aliphatic heterocycles. The molecule has 1 aliphatic rings. The predicted molar refractivity (Wildman–Crippen MR) is 45.3 cm³/mol. The van der Waals surface area contributed by atoms with Crippen molar-refractivity contribution in [1.29, 1.82) is 0 Å². The normalized spacial score (nSPS) is 32.5. The molecular formula is C6H10O2S2. The Bertz CT molecular complexity index is 141. The van der Waals surface area contributed by atoms with Crippen LogP contribution in [0.25, 0.3) is 0 Å². The van der Waals surface area contributed by atoms with Crippen LogP contribution in [0, 0.1) is 0 Å². The first-order chi connectivity index (χ1) is 4.71. The molecule has 1 unspecified atom stereocenters. The van der Waals surface area contributed by atoms with Crippen LogP contribution in [-0.2, 0) is 4.79 Å². The molecule has 1 N–H and O–H groups in total. The quantitative estimate of drug-likeness (QED) is 0.656. The van der Waals surface area contributed by atoms with Gasteiger partial charge in [-0.15, -0.1) is 0 Å². The van der Waals surface area contributed by atoms with Gasteiger partial charge in [0.2, 0.25) is 0 Å². The van der Waals surface area contributed by atoms with Crippen LogP contribution >= 0.6 is 21.6 Å². The Morgan fingerprint density at radius 1 is 1.80 bits per heavy atom. The first-order valence-electron chi connectivity index (χ1n) is 3.25. The zero-order chi connectivity index (χ0) is 7.61. The molecule has 0 amide bonds. The zero-order valence-corrected chi connectivity index (χ0v) is 7.43. The van der Waals surface area contributed by atoms with Crippen molar-refractivity contribution < 1.29 is 9.90 Å².